The van der Waals surface area contributed by atoms with Gasteiger partial charge < -0.3 is 14.6 Å². The average Bonchev–Trinajstić information content (AvgIpc) is 3.63. The molecule has 0 unspecified atom stereocenters. The molecule has 11 heteroatoms. The van der Waals surface area contributed by atoms with Crippen molar-refractivity contribution in [3.63, 3.8) is 0 Å². The van der Waals surface area contributed by atoms with E-state index in [4.69, 9.17) is 4.42 Å². The van der Waals surface area contributed by atoms with Crippen molar-refractivity contribution >= 4 is 23.2 Å². The lowest BCUT2D eigenvalue weighted by molar-refractivity contribution is -0.143. The molecular formula is C25H27FN6O3S. The van der Waals surface area contributed by atoms with Crippen LogP contribution in [0.4, 0.5) is 4.39 Å². The molecule has 0 spiro atoms. The summed E-state index contributed by atoms with van der Waals surface area (Å²) in [6.45, 7) is 4.61. The highest BCUT2D eigenvalue weighted by Gasteiger charge is 2.34. The van der Waals surface area contributed by atoms with Crippen LogP contribution >= 0.6 is 11.3 Å². The standard InChI is InChI=1S/C25H27FN6O3S/c1-17(2)11-12-27-25(34)23(21-6-3-13-35-21)31(15-20-5-4-14-36-20)22(33)16-32-29-24(28-30-32)18-7-9-19(26)10-8-18/h3-10,13-14,17,23H,11-12,15-16H2,1-2H3,(H,27,34)/t23-/m0/s1. The molecular weight excluding hydrogens is 483 g/mol. The first kappa shape index (κ1) is 25.2. The molecule has 0 bridgehead atoms. The van der Waals surface area contributed by atoms with E-state index >= 15 is 0 Å². The zero-order chi connectivity index (χ0) is 25.5. The second-order valence-electron chi connectivity index (χ2n) is 8.64. The number of hydrogen-bond donors (Lipinski definition) is 1. The van der Waals surface area contributed by atoms with E-state index in [1.165, 1.54) is 46.8 Å². The second-order valence-corrected chi connectivity index (χ2v) is 9.68. The van der Waals surface area contributed by atoms with Crippen LogP contribution in [0.3, 0.4) is 0 Å². The molecule has 4 aromatic rings. The van der Waals surface area contributed by atoms with Gasteiger partial charge in [-0.2, -0.15) is 4.80 Å². The minimum Gasteiger partial charge on any atom is -0.467 e. The number of halogens is 1. The molecule has 0 aliphatic rings. The molecule has 4 rings (SSSR count). The Morgan fingerprint density at radius 1 is 1.17 bits per heavy atom. The number of nitrogens with one attached hydrogen (secondary N) is 1. The van der Waals surface area contributed by atoms with Crippen LogP contribution in [0.5, 0.6) is 0 Å². The Kier molecular flexibility index (Phi) is 8.21. The largest absolute Gasteiger partial charge is 0.467 e. The number of thiophene rings is 1. The van der Waals surface area contributed by atoms with E-state index in [1.807, 2.05) is 17.5 Å². The Labute approximate surface area is 211 Å². The van der Waals surface area contributed by atoms with Crippen LogP contribution in [-0.2, 0) is 22.7 Å². The minimum atomic E-state index is -0.971. The Bertz CT molecular complexity index is 1260. The van der Waals surface area contributed by atoms with Crippen LogP contribution in [0.25, 0.3) is 11.4 Å². The van der Waals surface area contributed by atoms with Gasteiger partial charge in [0.05, 0.1) is 12.8 Å². The first-order valence-corrected chi connectivity index (χ1v) is 12.5. The van der Waals surface area contributed by atoms with E-state index in [0.29, 0.717) is 23.8 Å². The smallest absolute Gasteiger partial charge is 0.250 e. The van der Waals surface area contributed by atoms with Gasteiger partial charge in [0.2, 0.25) is 11.7 Å². The van der Waals surface area contributed by atoms with E-state index in [0.717, 1.165) is 16.1 Å². The van der Waals surface area contributed by atoms with Gasteiger partial charge in [-0.1, -0.05) is 19.9 Å². The number of furan rings is 1. The first-order valence-electron chi connectivity index (χ1n) is 11.6. The third-order valence-electron chi connectivity index (χ3n) is 5.45. The SMILES string of the molecule is CC(C)CCNC(=O)[C@H](c1ccco1)N(Cc1cccs1)C(=O)Cn1nnc(-c2ccc(F)cc2)n1. The van der Waals surface area contributed by atoms with Gasteiger partial charge in [0.25, 0.3) is 5.91 Å². The van der Waals surface area contributed by atoms with Crippen LogP contribution in [0.1, 0.15) is 36.9 Å². The molecule has 0 fully saturated rings. The van der Waals surface area contributed by atoms with Gasteiger partial charge in [0, 0.05) is 17.0 Å². The monoisotopic (exact) mass is 510 g/mol. The number of benzene rings is 1. The number of aromatic nitrogens is 4. The van der Waals surface area contributed by atoms with Gasteiger partial charge in [-0.3, -0.25) is 9.59 Å². The summed E-state index contributed by atoms with van der Waals surface area (Å²) < 4.78 is 18.8. The Morgan fingerprint density at radius 3 is 2.64 bits per heavy atom. The number of tetrazole rings is 1. The van der Waals surface area contributed by atoms with Crippen LogP contribution in [-0.4, -0.2) is 43.5 Å². The molecule has 0 saturated heterocycles. The van der Waals surface area contributed by atoms with Gasteiger partial charge in [-0.05, 0) is 65.4 Å². The van der Waals surface area contributed by atoms with E-state index in [2.05, 4.69) is 34.6 Å². The van der Waals surface area contributed by atoms with Gasteiger partial charge in [0.15, 0.2) is 6.04 Å². The maximum absolute atomic E-state index is 13.6. The molecule has 1 N–H and O–H groups in total. The molecule has 36 heavy (non-hydrogen) atoms. The lowest BCUT2D eigenvalue weighted by Gasteiger charge is -2.29. The molecule has 1 aromatic carbocycles. The van der Waals surface area contributed by atoms with Crippen molar-refractivity contribution in [1.29, 1.82) is 0 Å². The number of rotatable bonds is 11. The number of carbonyl (C=O) groups excluding carboxylic acids is 2. The molecule has 9 nitrogen and oxygen atoms in total. The summed E-state index contributed by atoms with van der Waals surface area (Å²) in [4.78, 5) is 30.5. The summed E-state index contributed by atoms with van der Waals surface area (Å²) in [5.41, 5.74) is 0.573. The summed E-state index contributed by atoms with van der Waals surface area (Å²) in [5, 5.41) is 17.1. The zero-order valence-electron chi connectivity index (χ0n) is 20.0. The molecule has 0 aliphatic carbocycles. The van der Waals surface area contributed by atoms with Gasteiger partial charge >= 0.3 is 0 Å². The number of nitrogens with zero attached hydrogens (tertiary/aromatic N) is 5. The molecule has 3 heterocycles. The summed E-state index contributed by atoms with van der Waals surface area (Å²) in [6.07, 6.45) is 2.29. The fraction of sp³-hybridized carbons (Fsp3) is 0.320. The third-order valence-corrected chi connectivity index (χ3v) is 6.31. The van der Waals surface area contributed by atoms with Crippen molar-refractivity contribution in [1.82, 2.24) is 30.4 Å². The predicted molar refractivity (Wildman–Crippen MR) is 132 cm³/mol. The molecule has 0 aliphatic heterocycles. The Morgan fingerprint density at radius 2 is 1.97 bits per heavy atom. The summed E-state index contributed by atoms with van der Waals surface area (Å²) in [7, 11) is 0. The molecule has 2 amide bonds. The maximum atomic E-state index is 13.6. The third kappa shape index (κ3) is 6.42. The fourth-order valence-electron chi connectivity index (χ4n) is 3.58. The minimum absolute atomic E-state index is 0.207. The Hall–Kier alpha value is -3.86. The van der Waals surface area contributed by atoms with Crippen molar-refractivity contribution in [2.75, 3.05) is 6.54 Å². The van der Waals surface area contributed by atoms with Gasteiger partial charge in [-0.15, -0.1) is 21.5 Å². The highest BCUT2D eigenvalue weighted by atomic mass is 32.1. The highest BCUT2D eigenvalue weighted by molar-refractivity contribution is 7.09. The van der Waals surface area contributed by atoms with Gasteiger partial charge in [-0.25, -0.2) is 4.39 Å². The molecule has 0 radical (unpaired) electrons. The van der Waals surface area contributed by atoms with Crippen molar-refractivity contribution in [3.05, 3.63) is 76.6 Å². The van der Waals surface area contributed by atoms with Crippen molar-refractivity contribution in [3.8, 4) is 11.4 Å². The van der Waals surface area contributed by atoms with Crippen LogP contribution in [0.15, 0.2) is 64.6 Å². The van der Waals surface area contributed by atoms with Crippen LogP contribution in [0, 0.1) is 11.7 Å². The summed E-state index contributed by atoms with van der Waals surface area (Å²) >= 11 is 1.49. The second kappa shape index (κ2) is 11.7. The van der Waals surface area contributed by atoms with Crippen LogP contribution < -0.4 is 5.32 Å². The summed E-state index contributed by atoms with van der Waals surface area (Å²) in [6, 6.07) is 11.9. The zero-order valence-corrected chi connectivity index (χ0v) is 20.8. The normalized spacial score (nSPS) is 12.0. The maximum Gasteiger partial charge on any atom is 0.250 e. The fourth-order valence-corrected chi connectivity index (χ4v) is 4.29. The summed E-state index contributed by atoms with van der Waals surface area (Å²) in [5.74, 6) is -0.0332. The molecule has 3 aromatic heterocycles. The number of amides is 2. The van der Waals surface area contributed by atoms with Crippen molar-refractivity contribution < 1.29 is 18.4 Å². The quantitative estimate of drug-likeness (QED) is 0.326. The lowest BCUT2D eigenvalue weighted by atomic mass is 10.1. The lowest BCUT2D eigenvalue weighted by Crippen LogP contribution is -2.44. The number of carbonyl (C=O) groups is 2. The average molecular weight is 511 g/mol. The topological polar surface area (TPSA) is 106 Å². The highest BCUT2D eigenvalue weighted by Crippen LogP contribution is 2.26. The van der Waals surface area contributed by atoms with E-state index in [-0.39, 0.29) is 36.5 Å². The van der Waals surface area contributed by atoms with E-state index < -0.39 is 6.04 Å². The molecule has 1 atom stereocenters. The Balaban J connectivity index is 1.58. The van der Waals surface area contributed by atoms with Gasteiger partial charge in [0.1, 0.15) is 18.1 Å². The van der Waals surface area contributed by atoms with Crippen molar-refractivity contribution in [2.45, 2.75) is 39.4 Å². The number of hydrogen-bond acceptors (Lipinski definition) is 7. The van der Waals surface area contributed by atoms with E-state index in [9.17, 15) is 14.0 Å². The van der Waals surface area contributed by atoms with Crippen molar-refractivity contribution in [2.24, 2.45) is 5.92 Å². The van der Waals surface area contributed by atoms with E-state index in [1.54, 1.807) is 12.1 Å². The first-order chi connectivity index (χ1) is 17.4. The molecule has 188 valence electrons. The van der Waals surface area contributed by atoms with Crippen LogP contribution in [0.2, 0.25) is 0 Å². The predicted octanol–water partition coefficient (Wildman–Crippen LogP) is 4.07. The molecule has 0 saturated carbocycles.